The Morgan fingerprint density at radius 3 is 2.59 bits per heavy atom. The number of piperidine rings is 1. The number of likely N-dealkylation sites (N-methyl/N-ethyl adjacent to an activating group) is 1. The maximum absolute atomic E-state index is 12.7. The van der Waals surface area contributed by atoms with E-state index in [0.29, 0.717) is 35.7 Å². The van der Waals surface area contributed by atoms with Crippen molar-refractivity contribution in [1.29, 1.82) is 0 Å². The summed E-state index contributed by atoms with van der Waals surface area (Å²) >= 11 is 0. The molecule has 1 amide bonds. The molecule has 0 saturated carbocycles. The summed E-state index contributed by atoms with van der Waals surface area (Å²) in [6, 6.07) is 6.50. The Kier molecular flexibility index (Phi) is 7.78. The third kappa shape index (κ3) is 5.64. The number of ether oxygens (including phenoxy) is 2. The molecule has 1 aromatic rings. The number of rotatable bonds is 8. The molecule has 29 heavy (non-hydrogen) atoms. The smallest absolute Gasteiger partial charge is 0.251 e. The maximum atomic E-state index is 12.7. The predicted octanol–water partition coefficient (Wildman–Crippen LogP) is 3.16. The van der Waals surface area contributed by atoms with Gasteiger partial charge in [-0.25, -0.2) is 0 Å². The van der Waals surface area contributed by atoms with Gasteiger partial charge in [-0.05, 0) is 70.8 Å². The first-order valence-corrected chi connectivity index (χ1v) is 11.1. The average Bonchev–Trinajstić information content (AvgIpc) is 3.20. The van der Waals surface area contributed by atoms with Crippen LogP contribution >= 0.6 is 0 Å². The van der Waals surface area contributed by atoms with E-state index >= 15 is 0 Å². The number of carbonyl (C=O) groups excluding carboxylic acids is 1. The molecule has 2 saturated heterocycles. The van der Waals surface area contributed by atoms with Crippen LogP contribution in [0.15, 0.2) is 18.2 Å². The second-order valence-electron chi connectivity index (χ2n) is 8.45. The summed E-state index contributed by atoms with van der Waals surface area (Å²) < 4.78 is 11.7. The van der Waals surface area contributed by atoms with Crippen LogP contribution in [-0.2, 0) is 0 Å². The molecule has 1 atom stereocenters. The van der Waals surface area contributed by atoms with Crippen LogP contribution < -0.4 is 14.8 Å². The molecule has 2 aliphatic heterocycles. The molecule has 3 rings (SSSR count). The van der Waals surface area contributed by atoms with Crippen LogP contribution in [0.4, 0.5) is 0 Å². The van der Waals surface area contributed by atoms with Crippen LogP contribution in [0.3, 0.4) is 0 Å². The van der Waals surface area contributed by atoms with Crippen molar-refractivity contribution in [2.75, 3.05) is 39.8 Å². The highest BCUT2D eigenvalue weighted by Gasteiger charge is 2.25. The van der Waals surface area contributed by atoms with Gasteiger partial charge in [0, 0.05) is 37.3 Å². The number of hydrogen-bond acceptors (Lipinski definition) is 5. The van der Waals surface area contributed by atoms with Gasteiger partial charge in [0.1, 0.15) is 6.10 Å². The van der Waals surface area contributed by atoms with E-state index in [-0.39, 0.29) is 12.0 Å². The number of nitrogens with zero attached hydrogens (tertiary/aromatic N) is 2. The zero-order chi connectivity index (χ0) is 20.8. The van der Waals surface area contributed by atoms with E-state index in [1.807, 2.05) is 18.2 Å². The Labute approximate surface area is 175 Å². The van der Waals surface area contributed by atoms with Crippen molar-refractivity contribution in [3.8, 4) is 11.5 Å². The van der Waals surface area contributed by atoms with Gasteiger partial charge in [0.2, 0.25) is 0 Å². The molecule has 0 aromatic heterocycles. The molecule has 1 N–H and O–H groups in total. The first-order valence-electron chi connectivity index (χ1n) is 11.1. The number of likely N-dealkylation sites (tertiary alicyclic amines) is 2. The molecule has 0 radical (unpaired) electrons. The zero-order valence-electron chi connectivity index (χ0n) is 18.4. The molecule has 6 nitrogen and oxygen atoms in total. The molecular weight excluding hydrogens is 366 g/mol. The summed E-state index contributed by atoms with van der Waals surface area (Å²) in [6.07, 6.45) is 4.51. The lowest BCUT2D eigenvalue weighted by Crippen LogP contribution is -2.41. The van der Waals surface area contributed by atoms with E-state index in [4.69, 9.17) is 9.47 Å². The Morgan fingerprint density at radius 1 is 1.17 bits per heavy atom. The SMILES string of the molecule is CCN1CCC[C@H]1CNC(=O)c1ccc(OC)c(OC2CCN(C(C)C)CC2)c1. The van der Waals surface area contributed by atoms with Gasteiger partial charge in [-0.2, -0.15) is 0 Å². The molecule has 0 aliphatic carbocycles. The molecule has 1 aromatic carbocycles. The van der Waals surface area contributed by atoms with Gasteiger partial charge < -0.3 is 19.7 Å². The van der Waals surface area contributed by atoms with Gasteiger partial charge in [0.15, 0.2) is 11.5 Å². The van der Waals surface area contributed by atoms with Gasteiger partial charge in [0.25, 0.3) is 5.91 Å². The Hall–Kier alpha value is -1.79. The normalized spacial score (nSPS) is 21.5. The number of carbonyl (C=O) groups is 1. The minimum Gasteiger partial charge on any atom is -0.493 e. The maximum Gasteiger partial charge on any atom is 0.251 e. The fourth-order valence-electron chi connectivity index (χ4n) is 4.45. The van der Waals surface area contributed by atoms with Gasteiger partial charge >= 0.3 is 0 Å². The monoisotopic (exact) mass is 403 g/mol. The molecule has 2 aliphatic rings. The van der Waals surface area contributed by atoms with Crippen LogP contribution in [0, 0.1) is 0 Å². The molecule has 0 unspecified atom stereocenters. The Bertz CT molecular complexity index is 671. The second-order valence-corrected chi connectivity index (χ2v) is 8.45. The van der Waals surface area contributed by atoms with Crippen LogP contribution in [0.5, 0.6) is 11.5 Å². The lowest BCUT2D eigenvalue weighted by Gasteiger charge is -2.34. The van der Waals surface area contributed by atoms with Crippen molar-refractivity contribution in [2.45, 2.75) is 64.6 Å². The third-order valence-electron chi connectivity index (χ3n) is 6.33. The van der Waals surface area contributed by atoms with Gasteiger partial charge in [-0.1, -0.05) is 6.92 Å². The van der Waals surface area contributed by atoms with Gasteiger partial charge in [-0.15, -0.1) is 0 Å². The van der Waals surface area contributed by atoms with Crippen LogP contribution in [0.1, 0.15) is 56.8 Å². The third-order valence-corrected chi connectivity index (χ3v) is 6.33. The minimum atomic E-state index is -0.0462. The quantitative estimate of drug-likeness (QED) is 0.723. The Morgan fingerprint density at radius 2 is 1.93 bits per heavy atom. The fourth-order valence-corrected chi connectivity index (χ4v) is 4.45. The molecular formula is C23H37N3O3. The highest BCUT2D eigenvalue weighted by atomic mass is 16.5. The van der Waals surface area contributed by atoms with Crippen LogP contribution in [0.25, 0.3) is 0 Å². The highest BCUT2D eigenvalue weighted by Crippen LogP contribution is 2.31. The van der Waals surface area contributed by atoms with Crippen molar-refractivity contribution in [1.82, 2.24) is 15.1 Å². The standard InChI is InChI=1S/C23H37N3O3/c1-5-25-12-6-7-19(25)16-24-23(27)18-8-9-21(28-4)22(15-18)29-20-10-13-26(14-11-20)17(2)3/h8-9,15,17,19-20H,5-7,10-14,16H2,1-4H3,(H,24,27)/t19-/m0/s1. The highest BCUT2D eigenvalue weighted by molar-refractivity contribution is 5.94. The number of nitrogens with one attached hydrogen (secondary N) is 1. The largest absolute Gasteiger partial charge is 0.493 e. The van der Waals surface area contributed by atoms with Crippen molar-refractivity contribution in [3.05, 3.63) is 23.8 Å². The second kappa shape index (κ2) is 10.3. The summed E-state index contributed by atoms with van der Waals surface area (Å²) in [7, 11) is 1.64. The Balaban J connectivity index is 1.60. The topological polar surface area (TPSA) is 54.0 Å². The predicted molar refractivity (Wildman–Crippen MR) is 116 cm³/mol. The average molecular weight is 404 g/mol. The van der Waals surface area contributed by atoms with Crippen molar-refractivity contribution in [3.63, 3.8) is 0 Å². The van der Waals surface area contributed by atoms with E-state index < -0.39 is 0 Å². The number of hydrogen-bond donors (Lipinski definition) is 1. The molecule has 162 valence electrons. The van der Waals surface area contributed by atoms with E-state index in [9.17, 15) is 4.79 Å². The number of amides is 1. The lowest BCUT2D eigenvalue weighted by atomic mass is 10.1. The van der Waals surface area contributed by atoms with E-state index in [1.54, 1.807) is 7.11 Å². The zero-order valence-corrected chi connectivity index (χ0v) is 18.4. The molecule has 0 bridgehead atoms. The minimum absolute atomic E-state index is 0.0462. The molecule has 2 fully saturated rings. The summed E-state index contributed by atoms with van der Waals surface area (Å²) in [4.78, 5) is 17.6. The first-order chi connectivity index (χ1) is 14.0. The molecule has 6 heteroatoms. The van der Waals surface area contributed by atoms with E-state index in [0.717, 1.165) is 45.4 Å². The van der Waals surface area contributed by atoms with Crippen molar-refractivity contribution < 1.29 is 14.3 Å². The number of methoxy groups -OCH3 is 1. The summed E-state index contributed by atoms with van der Waals surface area (Å²) in [5.41, 5.74) is 0.626. The van der Waals surface area contributed by atoms with Gasteiger partial charge in [0.05, 0.1) is 7.11 Å². The first kappa shape index (κ1) is 21.9. The van der Waals surface area contributed by atoms with Crippen LogP contribution in [0.2, 0.25) is 0 Å². The van der Waals surface area contributed by atoms with Crippen LogP contribution in [-0.4, -0.2) is 73.7 Å². The summed E-state index contributed by atoms with van der Waals surface area (Å²) in [5.74, 6) is 1.30. The fraction of sp³-hybridized carbons (Fsp3) is 0.696. The van der Waals surface area contributed by atoms with Gasteiger partial charge in [-0.3, -0.25) is 9.69 Å². The molecule has 0 spiro atoms. The lowest BCUT2D eigenvalue weighted by molar-refractivity contribution is 0.0818. The van der Waals surface area contributed by atoms with Crippen molar-refractivity contribution >= 4 is 5.91 Å². The van der Waals surface area contributed by atoms with E-state index in [2.05, 4.69) is 35.9 Å². The summed E-state index contributed by atoms with van der Waals surface area (Å²) in [5, 5.41) is 3.11. The summed E-state index contributed by atoms with van der Waals surface area (Å²) in [6.45, 7) is 11.6. The van der Waals surface area contributed by atoms with E-state index in [1.165, 1.54) is 6.42 Å². The van der Waals surface area contributed by atoms with Crippen molar-refractivity contribution in [2.24, 2.45) is 0 Å². The number of benzene rings is 1. The molecule has 2 heterocycles.